The molecule has 0 aliphatic carbocycles. The van der Waals surface area contributed by atoms with Crippen LogP contribution >= 0.6 is 27.7 Å². The van der Waals surface area contributed by atoms with Gasteiger partial charge in [-0.1, -0.05) is 12.1 Å². The first kappa shape index (κ1) is 11.4. The van der Waals surface area contributed by atoms with Crippen LogP contribution in [0.3, 0.4) is 0 Å². The third-order valence-corrected chi connectivity index (χ3v) is 4.52. The van der Waals surface area contributed by atoms with Crippen molar-refractivity contribution < 1.29 is 4.74 Å². The van der Waals surface area contributed by atoms with Crippen molar-refractivity contribution in [2.45, 2.75) is 5.44 Å². The first-order valence-corrected chi connectivity index (χ1v) is 7.35. The van der Waals surface area contributed by atoms with Gasteiger partial charge in [0.1, 0.15) is 5.44 Å². The topological polar surface area (TPSA) is 14.2 Å². The Morgan fingerprint density at radius 3 is 2.94 bits per heavy atom. The second-order valence-corrected chi connectivity index (χ2v) is 5.90. The van der Waals surface area contributed by atoms with E-state index in [1.165, 1.54) is 5.56 Å². The standard InChI is InChI=1S/C13H12BrNOS/c14-11-3-1-2-4-12(11)15-6-5-10(9-15)13-16-7-8-17-13/h1-6,9,13H,7-8H2/t13-/m1/s1. The van der Waals surface area contributed by atoms with Gasteiger partial charge in [-0.05, 0) is 34.1 Å². The molecule has 0 N–H and O–H groups in total. The maximum atomic E-state index is 5.66. The van der Waals surface area contributed by atoms with E-state index in [2.05, 4.69) is 51.1 Å². The summed E-state index contributed by atoms with van der Waals surface area (Å²) in [4.78, 5) is 0. The van der Waals surface area contributed by atoms with Crippen molar-refractivity contribution in [2.24, 2.45) is 0 Å². The average molecular weight is 310 g/mol. The highest BCUT2D eigenvalue weighted by atomic mass is 79.9. The third-order valence-electron chi connectivity index (χ3n) is 2.74. The van der Waals surface area contributed by atoms with Crippen molar-refractivity contribution in [3.63, 3.8) is 0 Å². The molecule has 1 aromatic carbocycles. The molecule has 1 aliphatic rings. The Morgan fingerprint density at radius 2 is 2.18 bits per heavy atom. The van der Waals surface area contributed by atoms with Crippen LogP contribution in [0.1, 0.15) is 11.0 Å². The Kier molecular flexibility index (Phi) is 3.27. The molecule has 17 heavy (non-hydrogen) atoms. The van der Waals surface area contributed by atoms with E-state index in [4.69, 9.17) is 4.74 Å². The second kappa shape index (κ2) is 4.88. The van der Waals surface area contributed by atoms with Crippen LogP contribution in [0, 0.1) is 0 Å². The van der Waals surface area contributed by atoms with E-state index in [0.29, 0.717) is 0 Å². The number of aromatic nitrogens is 1. The predicted molar refractivity (Wildman–Crippen MR) is 74.6 cm³/mol. The minimum absolute atomic E-state index is 0.207. The number of benzene rings is 1. The molecule has 0 unspecified atom stereocenters. The zero-order valence-electron chi connectivity index (χ0n) is 9.17. The van der Waals surface area contributed by atoms with Gasteiger partial charge in [0, 0.05) is 28.2 Å². The Hall–Kier alpha value is -0.710. The largest absolute Gasteiger partial charge is 0.362 e. The molecule has 1 saturated heterocycles. The van der Waals surface area contributed by atoms with Crippen LogP contribution in [0.5, 0.6) is 0 Å². The number of rotatable bonds is 2. The number of thioether (sulfide) groups is 1. The highest BCUT2D eigenvalue weighted by Gasteiger charge is 2.19. The lowest BCUT2D eigenvalue weighted by Crippen LogP contribution is -1.93. The predicted octanol–water partition coefficient (Wildman–Crippen LogP) is 4.00. The number of nitrogens with zero attached hydrogens (tertiary/aromatic N) is 1. The van der Waals surface area contributed by atoms with E-state index in [1.807, 2.05) is 23.9 Å². The van der Waals surface area contributed by atoms with Gasteiger partial charge >= 0.3 is 0 Å². The molecule has 0 spiro atoms. The smallest absolute Gasteiger partial charge is 0.130 e. The van der Waals surface area contributed by atoms with Crippen LogP contribution < -0.4 is 0 Å². The molecule has 1 atom stereocenters. The molecule has 4 heteroatoms. The molecule has 1 aromatic heterocycles. The van der Waals surface area contributed by atoms with Crippen molar-refractivity contribution in [2.75, 3.05) is 12.4 Å². The number of halogens is 1. The molecular formula is C13H12BrNOS. The molecule has 1 fully saturated rings. The first-order valence-electron chi connectivity index (χ1n) is 5.50. The average Bonchev–Trinajstić information content (AvgIpc) is 3.00. The normalized spacial score (nSPS) is 19.7. The molecule has 3 rings (SSSR count). The molecule has 1 aliphatic heterocycles. The monoisotopic (exact) mass is 309 g/mol. The zero-order chi connectivity index (χ0) is 11.7. The molecule has 0 bridgehead atoms. The number of hydrogen-bond donors (Lipinski definition) is 0. The Labute approximate surface area is 113 Å². The summed E-state index contributed by atoms with van der Waals surface area (Å²) < 4.78 is 8.88. The summed E-state index contributed by atoms with van der Waals surface area (Å²) in [6, 6.07) is 10.3. The van der Waals surface area contributed by atoms with E-state index in [0.717, 1.165) is 22.5 Å². The van der Waals surface area contributed by atoms with Gasteiger partial charge in [-0.3, -0.25) is 0 Å². The van der Waals surface area contributed by atoms with Crippen molar-refractivity contribution in [1.82, 2.24) is 4.57 Å². The molecular weight excluding hydrogens is 298 g/mol. The maximum Gasteiger partial charge on any atom is 0.130 e. The van der Waals surface area contributed by atoms with Crippen LogP contribution in [-0.4, -0.2) is 16.9 Å². The molecule has 0 radical (unpaired) electrons. The van der Waals surface area contributed by atoms with Crippen LogP contribution in [0.2, 0.25) is 0 Å². The summed E-state index contributed by atoms with van der Waals surface area (Å²) >= 11 is 5.43. The maximum absolute atomic E-state index is 5.66. The quantitative estimate of drug-likeness (QED) is 0.832. The van der Waals surface area contributed by atoms with Gasteiger partial charge in [0.25, 0.3) is 0 Å². The highest BCUT2D eigenvalue weighted by Crippen LogP contribution is 2.35. The van der Waals surface area contributed by atoms with Crippen LogP contribution in [0.4, 0.5) is 0 Å². The molecule has 2 heterocycles. The van der Waals surface area contributed by atoms with Crippen molar-refractivity contribution in [3.05, 3.63) is 52.8 Å². The van der Waals surface area contributed by atoms with E-state index >= 15 is 0 Å². The summed E-state index contributed by atoms with van der Waals surface area (Å²) in [5, 5.41) is 0. The van der Waals surface area contributed by atoms with Crippen LogP contribution in [0.25, 0.3) is 5.69 Å². The third kappa shape index (κ3) is 2.30. The minimum Gasteiger partial charge on any atom is -0.362 e. The van der Waals surface area contributed by atoms with E-state index < -0.39 is 0 Å². The van der Waals surface area contributed by atoms with Crippen molar-refractivity contribution in [1.29, 1.82) is 0 Å². The molecule has 2 nitrogen and oxygen atoms in total. The van der Waals surface area contributed by atoms with E-state index in [-0.39, 0.29) is 5.44 Å². The van der Waals surface area contributed by atoms with Gasteiger partial charge in [0.15, 0.2) is 0 Å². The van der Waals surface area contributed by atoms with Gasteiger partial charge in [-0.2, -0.15) is 0 Å². The number of hydrogen-bond acceptors (Lipinski definition) is 2. The highest BCUT2D eigenvalue weighted by molar-refractivity contribution is 9.10. The summed E-state index contributed by atoms with van der Waals surface area (Å²) in [7, 11) is 0. The molecule has 0 saturated carbocycles. The van der Waals surface area contributed by atoms with Crippen molar-refractivity contribution in [3.8, 4) is 5.69 Å². The van der Waals surface area contributed by atoms with Crippen molar-refractivity contribution >= 4 is 27.7 Å². The van der Waals surface area contributed by atoms with Gasteiger partial charge in [0.2, 0.25) is 0 Å². The van der Waals surface area contributed by atoms with Gasteiger partial charge in [0.05, 0.1) is 12.3 Å². The molecule has 88 valence electrons. The fourth-order valence-corrected chi connectivity index (χ4v) is 3.33. The van der Waals surface area contributed by atoms with E-state index in [1.54, 1.807) is 0 Å². The first-order chi connectivity index (χ1) is 8.34. The Bertz CT molecular complexity index is 520. The molecule has 2 aromatic rings. The van der Waals surface area contributed by atoms with E-state index in [9.17, 15) is 0 Å². The van der Waals surface area contributed by atoms with Gasteiger partial charge in [-0.25, -0.2) is 0 Å². The minimum atomic E-state index is 0.207. The summed E-state index contributed by atoms with van der Waals surface area (Å²) in [5.74, 6) is 1.09. The lowest BCUT2D eigenvalue weighted by molar-refractivity contribution is 0.145. The van der Waals surface area contributed by atoms with Crippen LogP contribution in [-0.2, 0) is 4.74 Å². The fraction of sp³-hybridized carbons (Fsp3) is 0.231. The van der Waals surface area contributed by atoms with Gasteiger partial charge < -0.3 is 9.30 Å². The zero-order valence-corrected chi connectivity index (χ0v) is 11.6. The Balaban J connectivity index is 1.92. The Morgan fingerprint density at radius 1 is 1.29 bits per heavy atom. The SMILES string of the molecule is Brc1ccccc1-n1ccc([C@@H]2OCCS2)c1. The number of para-hydroxylation sites is 1. The molecule has 0 amide bonds. The second-order valence-electron chi connectivity index (χ2n) is 3.88. The summed E-state index contributed by atoms with van der Waals surface area (Å²) in [6.07, 6.45) is 4.22. The fourth-order valence-electron chi connectivity index (χ4n) is 1.91. The summed E-state index contributed by atoms with van der Waals surface area (Å²) in [5.41, 5.74) is 2.60. The lowest BCUT2D eigenvalue weighted by atomic mass is 10.3. The van der Waals surface area contributed by atoms with Crippen LogP contribution in [0.15, 0.2) is 47.2 Å². The summed E-state index contributed by atoms with van der Waals surface area (Å²) in [6.45, 7) is 0.857. The number of ether oxygens (including phenoxy) is 1. The van der Waals surface area contributed by atoms with Gasteiger partial charge in [-0.15, -0.1) is 11.8 Å². The lowest BCUT2D eigenvalue weighted by Gasteiger charge is -2.07.